The van der Waals surface area contributed by atoms with Crippen molar-refractivity contribution in [2.24, 2.45) is 0 Å². The molecule has 2 amide bonds. The first-order chi connectivity index (χ1) is 10.7. The molecule has 3 aromatic rings. The van der Waals surface area contributed by atoms with Gasteiger partial charge < -0.3 is 15.7 Å². The number of carbonyl (C=O) groups is 1. The van der Waals surface area contributed by atoms with Crippen LogP contribution in [0.15, 0.2) is 60.9 Å². The van der Waals surface area contributed by atoms with Gasteiger partial charge >= 0.3 is 6.03 Å². The van der Waals surface area contributed by atoms with Crippen molar-refractivity contribution in [1.82, 2.24) is 15.0 Å². The largest absolute Gasteiger partial charge is 0.508 e. The van der Waals surface area contributed by atoms with Gasteiger partial charge in [-0.15, -0.1) is 0 Å². The van der Waals surface area contributed by atoms with E-state index in [9.17, 15) is 9.90 Å². The van der Waals surface area contributed by atoms with E-state index < -0.39 is 0 Å². The van der Waals surface area contributed by atoms with Gasteiger partial charge in [-0.1, -0.05) is 0 Å². The van der Waals surface area contributed by atoms with Gasteiger partial charge in [0.1, 0.15) is 5.75 Å². The van der Waals surface area contributed by atoms with Crippen LogP contribution in [-0.2, 0) is 0 Å². The van der Waals surface area contributed by atoms with Gasteiger partial charge in [-0.2, -0.15) is 15.0 Å². The normalized spacial score (nSPS) is 10.2. The Balaban J connectivity index is 1.63. The minimum absolute atomic E-state index is 0.147. The molecule has 0 radical (unpaired) electrons. The van der Waals surface area contributed by atoms with Crippen LogP contribution in [0.5, 0.6) is 5.75 Å². The molecule has 0 spiro atoms. The molecule has 2 aromatic carbocycles. The van der Waals surface area contributed by atoms with Crippen LogP contribution < -0.4 is 10.6 Å². The number of phenolic OH excluding ortho intramolecular Hbond substituents is 1. The van der Waals surface area contributed by atoms with Crippen LogP contribution in [0.4, 0.5) is 16.2 Å². The number of urea groups is 1. The Labute approximate surface area is 126 Å². The quantitative estimate of drug-likeness (QED) is 0.648. The lowest BCUT2D eigenvalue weighted by Crippen LogP contribution is -2.19. The molecule has 0 aliphatic carbocycles. The molecular formula is C15H13N5O2. The number of anilines is 2. The summed E-state index contributed by atoms with van der Waals surface area (Å²) in [7, 11) is 0. The molecule has 7 heteroatoms. The molecule has 0 fully saturated rings. The van der Waals surface area contributed by atoms with Gasteiger partial charge in [-0.25, -0.2) is 4.79 Å². The Morgan fingerprint density at radius 3 is 1.91 bits per heavy atom. The molecule has 1 heterocycles. The maximum absolute atomic E-state index is 11.9. The summed E-state index contributed by atoms with van der Waals surface area (Å²) in [5, 5.41) is 22.6. The SMILES string of the molecule is O=C(Nc1ccc(O)cc1)Nc1ccc(-n2nccn2)cc1. The summed E-state index contributed by atoms with van der Waals surface area (Å²) in [6.45, 7) is 0. The number of nitrogens with zero attached hydrogens (tertiary/aromatic N) is 3. The smallest absolute Gasteiger partial charge is 0.323 e. The highest BCUT2D eigenvalue weighted by Crippen LogP contribution is 2.15. The molecule has 3 rings (SSSR count). The van der Waals surface area contributed by atoms with Crippen molar-refractivity contribution in [3.05, 3.63) is 60.9 Å². The van der Waals surface area contributed by atoms with E-state index in [4.69, 9.17) is 0 Å². The first kappa shape index (κ1) is 13.6. The number of phenols is 1. The zero-order valence-corrected chi connectivity index (χ0v) is 11.5. The third-order valence-electron chi connectivity index (χ3n) is 2.90. The number of amides is 2. The van der Waals surface area contributed by atoms with Crippen LogP contribution >= 0.6 is 0 Å². The Hall–Kier alpha value is -3.35. The lowest BCUT2D eigenvalue weighted by atomic mass is 10.3. The molecule has 0 saturated carbocycles. The van der Waals surface area contributed by atoms with Gasteiger partial charge in [0, 0.05) is 11.4 Å². The maximum atomic E-state index is 11.9. The van der Waals surface area contributed by atoms with Crippen molar-refractivity contribution >= 4 is 17.4 Å². The molecule has 0 aliphatic heterocycles. The van der Waals surface area contributed by atoms with Crippen LogP contribution in [0.25, 0.3) is 5.69 Å². The fraction of sp³-hybridized carbons (Fsp3) is 0. The third-order valence-corrected chi connectivity index (χ3v) is 2.90. The van der Waals surface area contributed by atoms with E-state index in [1.165, 1.54) is 16.9 Å². The maximum Gasteiger partial charge on any atom is 0.323 e. The van der Waals surface area contributed by atoms with E-state index in [-0.39, 0.29) is 11.8 Å². The summed E-state index contributed by atoms with van der Waals surface area (Å²) in [5.74, 6) is 0.147. The molecule has 0 aliphatic rings. The summed E-state index contributed by atoms with van der Waals surface area (Å²) >= 11 is 0. The monoisotopic (exact) mass is 295 g/mol. The minimum atomic E-state index is -0.365. The number of benzene rings is 2. The summed E-state index contributed by atoms with van der Waals surface area (Å²) in [5.41, 5.74) is 2.04. The molecule has 1 aromatic heterocycles. The van der Waals surface area contributed by atoms with Crippen LogP contribution in [-0.4, -0.2) is 26.1 Å². The highest BCUT2D eigenvalue weighted by Gasteiger charge is 2.03. The highest BCUT2D eigenvalue weighted by atomic mass is 16.3. The van der Waals surface area contributed by atoms with E-state index in [1.54, 1.807) is 48.8 Å². The van der Waals surface area contributed by atoms with Crippen molar-refractivity contribution in [1.29, 1.82) is 0 Å². The van der Waals surface area contributed by atoms with Gasteiger partial charge in [0.25, 0.3) is 0 Å². The molecule has 0 atom stereocenters. The zero-order valence-electron chi connectivity index (χ0n) is 11.5. The van der Waals surface area contributed by atoms with Gasteiger partial charge in [0.05, 0.1) is 18.1 Å². The molecule has 22 heavy (non-hydrogen) atoms. The lowest BCUT2D eigenvalue weighted by molar-refractivity contribution is 0.262. The van der Waals surface area contributed by atoms with Crippen LogP contribution in [0.3, 0.4) is 0 Å². The lowest BCUT2D eigenvalue weighted by Gasteiger charge is -2.08. The average Bonchev–Trinajstić information content (AvgIpc) is 3.05. The fourth-order valence-electron chi connectivity index (χ4n) is 1.87. The fourth-order valence-corrected chi connectivity index (χ4v) is 1.87. The van der Waals surface area contributed by atoms with E-state index in [0.717, 1.165) is 5.69 Å². The molecule has 110 valence electrons. The van der Waals surface area contributed by atoms with Crippen molar-refractivity contribution < 1.29 is 9.90 Å². The van der Waals surface area contributed by atoms with Crippen molar-refractivity contribution in [3.8, 4) is 11.4 Å². The van der Waals surface area contributed by atoms with Crippen LogP contribution in [0, 0.1) is 0 Å². The molecule has 3 N–H and O–H groups in total. The van der Waals surface area contributed by atoms with Gasteiger partial charge in [0.2, 0.25) is 0 Å². The molecule has 0 bridgehead atoms. The Kier molecular flexibility index (Phi) is 3.69. The highest BCUT2D eigenvalue weighted by molar-refractivity contribution is 5.99. The number of rotatable bonds is 3. The topological polar surface area (TPSA) is 92.1 Å². The molecule has 7 nitrogen and oxygen atoms in total. The zero-order chi connectivity index (χ0) is 15.4. The van der Waals surface area contributed by atoms with Crippen molar-refractivity contribution in [2.75, 3.05) is 10.6 Å². The van der Waals surface area contributed by atoms with Crippen molar-refractivity contribution in [3.63, 3.8) is 0 Å². The number of nitrogens with one attached hydrogen (secondary N) is 2. The summed E-state index contributed by atoms with van der Waals surface area (Å²) in [6.07, 6.45) is 3.19. The number of hydrogen-bond acceptors (Lipinski definition) is 4. The second-order valence-electron chi connectivity index (χ2n) is 4.49. The average molecular weight is 295 g/mol. The predicted molar refractivity (Wildman–Crippen MR) is 82.1 cm³/mol. The summed E-state index contributed by atoms with van der Waals surface area (Å²) in [4.78, 5) is 13.4. The summed E-state index contributed by atoms with van der Waals surface area (Å²) in [6, 6.07) is 13.0. The number of aromatic hydroxyl groups is 1. The van der Waals surface area contributed by atoms with E-state index >= 15 is 0 Å². The van der Waals surface area contributed by atoms with Gasteiger partial charge in [-0.05, 0) is 48.5 Å². The number of carbonyl (C=O) groups excluding carboxylic acids is 1. The Morgan fingerprint density at radius 2 is 1.36 bits per heavy atom. The second-order valence-corrected chi connectivity index (χ2v) is 4.49. The van der Waals surface area contributed by atoms with E-state index in [0.29, 0.717) is 11.4 Å². The molecule has 0 saturated heterocycles. The van der Waals surface area contributed by atoms with Gasteiger partial charge in [-0.3, -0.25) is 0 Å². The van der Waals surface area contributed by atoms with E-state index in [2.05, 4.69) is 20.8 Å². The molecule has 0 unspecified atom stereocenters. The standard InChI is InChI=1S/C15H13N5O2/c21-14-7-3-12(4-8-14)19-15(22)18-11-1-5-13(6-2-11)20-16-9-10-17-20/h1-10,21H,(H2,18,19,22). The first-order valence-corrected chi connectivity index (χ1v) is 6.54. The Bertz CT molecular complexity index is 752. The first-order valence-electron chi connectivity index (χ1n) is 6.54. The summed E-state index contributed by atoms with van der Waals surface area (Å²) < 4.78 is 0. The number of aromatic nitrogens is 3. The van der Waals surface area contributed by atoms with E-state index in [1.807, 2.05) is 0 Å². The molecular weight excluding hydrogens is 282 g/mol. The van der Waals surface area contributed by atoms with Crippen LogP contribution in [0.2, 0.25) is 0 Å². The predicted octanol–water partition coefficient (Wildman–Crippen LogP) is 2.62. The minimum Gasteiger partial charge on any atom is -0.508 e. The van der Waals surface area contributed by atoms with Gasteiger partial charge in [0.15, 0.2) is 0 Å². The van der Waals surface area contributed by atoms with Crippen LogP contribution in [0.1, 0.15) is 0 Å². The van der Waals surface area contributed by atoms with Crippen molar-refractivity contribution in [2.45, 2.75) is 0 Å². The second kappa shape index (κ2) is 5.96. The Morgan fingerprint density at radius 1 is 0.864 bits per heavy atom. The third kappa shape index (κ3) is 3.21. The number of hydrogen-bond donors (Lipinski definition) is 3.